The number of nitrogens with one attached hydrogen (secondary N) is 1. The first-order valence-corrected chi connectivity index (χ1v) is 12.0. The van der Waals surface area contributed by atoms with Crippen molar-refractivity contribution < 1.29 is 9.59 Å². The summed E-state index contributed by atoms with van der Waals surface area (Å²) in [6.45, 7) is 4.48. The predicted molar refractivity (Wildman–Crippen MR) is 112 cm³/mol. The summed E-state index contributed by atoms with van der Waals surface area (Å²) in [5, 5.41) is 0.129. The van der Waals surface area contributed by atoms with Crippen LogP contribution in [0.4, 0.5) is 0 Å². The molecule has 1 aromatic rings. The molecule has 2 rings (SSSR count). The van der Waals surface area contributed by atoms with Crippen LogP contribution in [0.25, 0.3) is 0 Å². The van der Waals surface area contributed by atoms with Gasteiger partial charge in [-0.15, -0.1) is 0 Å². The molecule has 1 aliphatic heterocycles. The quantitative estimate of drug-likeness (QED) is 0.306. The zero-order valence-electron chi connectivity index (χ0n) is 16.6. The molecule has 4 heteroatoms. The van der Waals surface area contributed by atoms with Crippen LogP contribution >= 0.6 is 0 Å². The van der Waals surface area contributed by atoms with E-state index in [0.717, 1.165) is 5.75 Å². The predicted octanol–water partition coefficient (Wildman–Crippen LogP) is 6.26. The molecular weight excluding hydrogens is 342 g/mol. The van der Waals surface area contributed by atoms with Gasteiger partial charge in [0.25, 0.3) is 0 Å². The highest BCUT2D eigenvalue weighted by molar-refractivity contribution is 8.24. The topological polar surface area (TPSA) is 49.9 Å². The van der Waals surface area contributed by atoms with Gasteiger partial charge in [0.05, 0.1) is 0 Å². The first-order valence-electron chi connectivity index (χ1n) is 10.7. The second kappa shape index (κ2) is 11.6. The third kappa shape index (κ3) is 6.00. The summed E-state index contributed by atoms with van der Waals surface area (Å²) in [6.07, 6.45) is 16.9. The second-order valence-electron chi connectivity index (χ2n) is 7.67. The normalized spacial score (nSPS) is 17.7. The molecule has 0 amide bonds. The summed E-state index contributed by atoms with van der Waals surface area (Å²) < 4.78 is 0. The Kier molecular flexibility index (Phi) is 9.52. The molecule has 0 fully saturated rings. The molecule has 0 bridgehead atoms. The average molecular weight is 379 g/mol. The molecule has 0 spiro atoms. The Bertz CT molecular complexity index is 536. The fourth-order valence-electron chi connectivity index (χ4n) is 3.82. The van der Waals surface area contributed by atoms with E-state index in [-0.39, 0.29) is 10.2 Å². The molecule has 26 heavy (non-hydrogen) atoms. The Labute approximate surface area is 162 Å². The van der Waals surface area contributed by atoms with E-state index in [1.807, 2.05) is 0 Å². The highest BCUT2D eigenvalue weighted by Gasteiger charge is 2.51. The highest BCUT2D eigenvalue weighted by Crippen LogP contribution is 2.30. The third-order valence-corrected chi connectivity index (χ3v) is 7.58. The van der Waals surface area contributed by atoms with Gasteiger partial charge in [0.1, 0.15) is 22.2 Å². The number of hydrogen-bond acceptors (Lipinski definition) is 2. The van der Waals surface area contributed by atoms with Crippen molar-refractivity contribution in [3.63, 3.8) is 0 Å². The van der Waals surface area contributed by atoms with Crippen molar-refractivity contribution >= 4 is 21.1 Å². The minimum atomic E-state index is -0.739. The second-order valence-corrected chi connectivity index (χ2v) is 9.53. The summed E-state index contributed by atoms with van der Waals surface area (Å²) in [7, 11) is -0.739. The summed E-state index contributed by atoms with van der Waals surface area (Å²) >= 11 is 0. The van der Waals surface area contributed by atoms with Crippen molar-refractivity contribution in [2.75, 3.05) is 5.75 Å². The summed E-state index contributed by atoms with van der Waals surface area (Å²) in [5.74, 6) is 1.31. The molecule has 2 atom stereocenters. The summed E-state index contributed by atoms with van der Waals surface area (Å²) in [6, 6.07) is 1.77. The van der Waals surface area contributed by atoms with Crippen molar-refractivity contribution in [3.05, 3.63) is 23.5 Å². The Morgan fingerprint density at radius 2 is 1.42 bits per heavy atom. The van der Waals surface area contributed by atoms with Crippen LogP contribution in [0.2, 0.25) is 0 Å². The molecule has 146 valence electrons. The van der Waals surface area contributed by atoms with Gasteiger partial charge in [-0.1, -0.05) is 78.1 Å². The van der Waals surface area contributed by atoms with Gasteiger partial charge in [0.15, 0.2) is 5.69 Å². The van der Waals surface area contributed by atoms with Crippen LogP contribution in [0.15, 0.2) is 12.3 Å². The first kappa shape index (κ1) is 21.3. The molecule has 0 saturated carbocycles. The van der Waals surface area contributed by atoms with Gasteiger partial charge in [-0.25, -0.2) is 9.59 Å². The smallest absolute Gasteiger partial charge is 0.354 e. The minimum absolute atomic E-state index is 0.0523. The number of carbonyl (C=O) groups excluding carboxylic acids is 2. The van der Waals surface area contributed by atoms with Crippen LogP contribution in [0.3, 0.4) is 0 Å². The Hall–Kier alpha value is -1.03. The van der Waals surface area contributed by atoms with Crippen molar-refractivity contribution in [2.45, 2.75) is 90.9 Å². The molecule has 1 N–H and O–H groups in total. The Morgan fingerprint density at radius 3 is 2.04 bits per heavy atom. The van der Waals surface area contributed by atoms with Crippen LogP contribution in [0, 0.1) is 5.92 Å². The molecule has 1 aromatic heterocycles. The SMILES string of the molecule is CCCCCCCCC(CCCCCC)C[S+]1C(=O)c2cc[nH]c2C1=O. The lowest BCUT2D eigenvalue weighted by Crippen LogP contribution is -2.25. The summed E-state index contributed by atoms with van der Waals surface area (Å²) in [5.41, 5.74) is 1.19. The largest absolute Gasteiger partial charge is 0.387 e. The maximum absolute atomic E-state index is 12.6. The van der Waals surface area contributed by atoms with E-state index >= 15 is 0 Å². The number of hydrogen-bond donors (Lipinski definition) is 1. The van der Waals surface area contributed by atoms with Crippen molar-refractivity contribution in [1.82, 2.24) is 4.98 Å². The molecule has 0 radical (unpaired) electrons. The zero-order chi connectivity index (χ0) is 18.8. The lowest BCUT2D eigenvalue weighted by Gasteiger charge is -2.14. The van der Waals surface area contributed by atoms with Crippen molar-refractivity contribution in [2.24, 2.45) is 5.92 Å². The zero-order valence-corrected chi connectivity index (χ0v) is 17.5. The standard InChI is InChI=1S/C22H35NO2S/c1-3-5-7-9-10-12-14-18(13-11-8-6-4-2)17-26-21(24)19-15-16-23-20(19)22(26)25/h15-16,18H,3-14,17H2,1-2H3/p+1. The van der Waals surface area contributed by atoms with Gasteiger partial charge in [0, 0.05) is 12.1 Å². The third-order valence-electron chi connectivity index (χ3n) is 5.45. The number of unbranched alkanes of at least 4 members (excludes halogenated alkanes) is 8. The fourth-order valence-corrected chi connectivity index (χ4v) is 5.95. The van der Waals surface area contributed by atoms with Crippen LogP contribution in [0.1, 0.15) is 112 Å². The Balaban J connectivity index is 1.83. The molecular formula is C22H36NO2S+. The van der Waals surface area contributed by atoms with E-state index in [9.17, 15) is 9.59 Å². The molecule has 2 heterocycles. The van der Waals surface area contributed by atoms with Gasteiger partial charge < -0.3 is 4.98 Å². The van der Waals surface area contributed by atoms with Crippen molar-refractivity contribution in [3.8, 4) is 0 Å². The Morgan fingerprint density at radius 1 is 0.846 bits per heavy atom. The molecule has 0 saturated heterocycles. The van der Waals surface area contributed by atoms with E-state index < -0.39 is 10.9 Å². The van der Waals surface area contributed by atoms with Gasteiger partial charge >= 0.3 is 10.2 Å². The molecule has 2 unspecified atom stereocenters. The number of aromatic amines is 1. The fraction of sp³-hybridized carbons (Fsp3) is 0.727. The average Bonchev–Trinajstić information content (AvgIpc) is 3.20. The summed E-state index contributed by atoms with van der Waals surface area (Å²) in [4.78, 5) is 28.2. The maximum Gasteiger partial charge on any atom is 0.387 e. The number of H-pyrrole nitrogens is 1. The van der Waals surface area contributed by atoms with Crippen molar-refractivity contribution in [1.29, 1.82) is 0 Å². The molecule has 0 aromatic carbocycles. The van der Waals surface area contributed by atoms with Gasteiger partial charge in [-0.3, -0.25) is 0 Å². The minimum Gasteiger partial charge on any atom is -0.354 e. The van der Waals surface area contributed by atoms with Gasteiger partial charge in [0.2, 0.25) is 0 Å². The van der Waals surface area contributed by atoms with Gasteiger partial charge in [-0.2, -0.15) is 0 Å². The molecule has 1 aliphatic rings. The monoisotopic (exact) mass is 378 g/mol. The number of fused-ring (bicyclic) bond motifs is 1. The van der Waals surface area contributed by atoms with Gasteiger partial charge in [-0.05, 0) is 18.9 Å². The lowest BCUT2D eigenvalue weighted by atomic mass is 9.96. The van der Waals surface area contributed by atoms with Crippen LogP contribution < -0.4 is 0 Å². The molecule has 3 nitrogen and oxygen atoms in total. The van der Waals surface area contributed by atoms with Crippen LogP contribution in [-0.2, 0) is 10.9 Å². The number of carbonyl (C=O) groups is 2. The van der Waals surface area contributed by atoms with Crippen LogP contribution in [-0.4, -0.2) is 21.0 Å². The number of rotatable bonds is 14. The van der Waals surface area contributed by atoms with E-state index in [1.165, 1.54) is 77.0 Å². The van der Waals surface area contributed by atoms with Crippen LogP contribution in [0.5, 0.6) is 0 Å². The molecule has 0 aliphatic carbocycles. The number of aromatic nitrogens is 1. The lowest BCUT2D eigenvalue weighted by molar-refractivity contribution is 0.107. The van der Waals surface area contributed by atoms with E-state index in [1.54, 1.807) is 12.3 Å². The van der Waals surface area contributed by atoms with E-state index in [2.05, 4.69) is 18.8 Å². The first-order chi connectivity index (χ1) is 12.7. The highest BCUT2D eigenvalue weighted by atomic mass is 32.2. The maximum atomic E-state index is 12.6. The van der Waals surface area contributed by atoms with E-state index in [0.29, 0.717) is 17.2 Å². The van der Waals surface area contributed by atoms with E-state index in [4.69, 9.17) is 0 Å².